The summed E-state index contributed by atoms with van der Waals surface area (Å²) in [5.41, 5.74) is 1.37. The Balaban J connectivity index is 2.18. The second-order valence-corrected chi connectivity index (χ2v) is 5.83. The molecule has 1 atom stereocenters. The summed E-state index contributed by atoms with van der Waals surface area (Å²) < 4.78 is 6.46. The van der Waals surface area contributed by atoms with Gasteiger partial charge >= 0.3 is 5.97 Å². The van der Waals surface area contributed by atoms with Gasteiger partial charge in [0.1, 0.15) is 11.5 Å². The van der Waals surface area contributed by atoms with Crippen molar-refractivity contribution in [2.24, 2.45) is 0 Å². The predicted octanol–water partition coefficient (Wildman–Crippen LogP) is 4.69. The summed E-state index contributed by atoms with van der Waals surface area (Å²) in [4.78, 5) is 10.9. The lowest BCUT2D eigenvalue weighted by Gasteiger charge is -2.11. The molecule has 24 heavy (non-hydrogen) atoms. The van der Waals surface area contributed by atoms with Crippen molar-refractivity contribution >= 4 is 21.9 Å². The van der Waals surface area contributed by atoms with Gasteiger partial charge in [0.05, 0.1) is 28.4 Å². The highest BCUT2D eigenvalue weighted by molar-refractivity contribution is 9.10. The Morgan fingerprint density at radius 2 is 2.00 bits per heavy atom. The van der Waals surface area contributed by atoms with E-state index in [1.54, 1.807) is 37.3 Å². The van der Waals surface area contributed by atoms with Crippen LogP contribution < -0.4 is 4.74 Å². The molecule has 120 valence electrons. The minimum Gasteiger partial charge on any atom is -0.481 e. The molecule has 0 bridgehead atoms. The van der Waals surface area contributed by atoms with E-state index >= 15 is 0 Å². The van der Waals surface area contributed by atoms with Crippen LogP contribution in [0.15, 0.2) is 46.9 Å². The highest BCUT2D eigenvalue weighted by Crippen LogP contribution is 2.31. The molecule has 0 saturated carbocycles. The van der Waals surface area contributed by atoms with E-state index in [1.807, 2.05) is 12.1 Å². The third-order valence-electron chi connectivity index (χ3n) is 3.27. The molecule has 0 spiro atoms. The molecule has 0 fully saturated rings. The number of nitrogens with zero attached hydrogens (tertiary/aromatic N) is 1. The first kappa shape index (κ1) is 17.6. The minimum absolute atomic E-state index is 0.0395. The average Bonchev–Trinajstić information content (AvgIpc) is 2.56. The fourth-order valence-corrected chi connectivity index (χ4v) is 2.61. The molecular weight excluding hydrogens is 370 g/mol. The lowest BCUT2D eigenvalue weighted by Crippen LogP contribution is -2.04. The molecule has 2 aromatic carbocycles. The first-order valence-corrected chi connectivity index (χ1v) is 7.94. The van der Waals surface area contributed by atoms with Crippen molar-refractivity contribution in [1.29, 1.82) is 5.26 Å². The molecule has 2 rings (SSSR count). The molecule has 0 heterocycles. The number of carbonyl (C=O) groups is 1. The van der Waals surface area contributed by atoms with Crippen LogP contribution in [-0.2, 0) is 4.79 Å². The molecule has 0 saturated heterocycles. The first-order valence-electron chi connectivity index (χ1n) is 7.15. The van der Waals surface area contributed by atoms with Crippen LogP contribution in [0.4, 0.5) is 0 Å². The van der Waals surface area contributed by atoms with E-state index in [4.69, 9.17) is 15.1 Å². The van der Waals surface area contributed by atoms with Gasteiger partial charge in [-0.2, -0.15) is 5.26 Å². The predicted molar refractivity (Wildman–Crippen MR) is 93.8 cm³/mol. The fourth-order valence-electron chi connectivity index (χ4n) is 2.15. The molecule has 0 aliphatic heterocycles. The third kappa shape index (κ3) is 4.62. The van der Waals surface area contributed by atoms with Gasteiger partial charge in [-0.15, -0.1) is 5.92 Å². The van der Waals surface area contributed by atoms with Crippen molar-refractivity contribution in [3.63, 3.8) is 0 Å². The van der Waals surface area contributed by atoms with E-state index in [1.165, 1.54) is 0 Å². The summed E-state index contributed by atoms with van der Waals surface area (Å²) in [7, 11) is 0. The number of hydrogen-bond donors (Lipinski definition) is 1. The van der Waals surface area contributed by atoms with Crippen molar-refractivity contribution in [3.8, 4) is 29.4 Å². The summed E-state index contributed by atoms with van der Waals surface area (Å²) >= 11 is 3.37. The number of hydrogen-bond acceptors (Lipinski definition) is 3. The fraction of sp³-hybridized carbons (Fsp3) is 0.158. The van der Waals surface area contributed by atoms with Crippen LogP contribution in [0, 0.1) is 23.2 Å². The van der Waals surface area contributed by atoms with Crippen LogP contribution in [0.5, 0.6) is 11.5 Å². The van der Waals surface area contributed by atoms with Crippen molar-refractivity contribution in [1.82, 2.24) is 0 Å². The highest BCUT2D eigenvalue weighted by Gasteiger charge is 2.13. The maximum atomic E-state index is 10.9. The Labute approximate surface area is 148 Å². The Hall–Kier alpha value is -2.76. The topological polar surface area (TPSA) is 70.3 Å². The Morgan fingerprint density at radius 1 is 1.29 bits per heavy atom. The number of rotatable bonds is 5. The lowest BCUT2D eigenvalue weighted by molar-refractivity contribution is -0.137. The van der Waals surface area contributed by atoms with Gasteiger partial charge in [-0.05, 0) is 58.7 Å². The van der Waals surface area contributed by atoms with E-state index < -0.39 is 5.97 Å². The quantitative estimate of drug-likeness (QED) is 0.759. The van der Waals surface area contributed by atoms with Gasteiger partial charge in [-0.1, -0.05) is 18.1 Å². The number of benzene rings is 2. The monoisotopic (exact) mass is 383 g/mol. The summed E-state index contributed by atoms with van der Waals surface area (Å²) in [6.45, 7) is 1.69. The van der Waals surface area contributed by atoms with Gasteiger partial charge in [0.2, 0.25) is 0 Å². The molecule has 0 amide bonds. The maximum absolute atomic E-state index is 10.9. The zero-order valence-electron chi connectivity index (χ0n) is 12.9. The summed E-state index contributed by atoms with van der Waals surface area (Å²) in [5.74, 6) is 5.66. The van der Waals surface area contributed by atoms with Crippen molar-refractivity contribution in [2.45, 2.75) is 19.3 Å². The van der Waals surface area contributed by atoms with Crippen LogP contribution in [0.25, 0.3) is 0 Å². The molecule has 1 unspecified atom stereocenters. The Bertz CT molecular complexity index is 842. The summed E-state index contributed by atoms with van der Waals surface area (Å²) in [6, 6.07) is 14.3. The van der Waals surface area contributed by atoms with E-state index in [0.29, 0.717) is 21.5 Å². The molecule has 0 aliphatic rings. The van der Waals surface area contributed by atoms with E-state index in [0.717, 1.165) is 5.56 Å². The van der Waals surface area contributed by atoms with Crippen molar-refractivity contribution in [2.75, 3.05) is 0 Å². The zero-order valence-corrected chi connectivity index (χ0v) is 14.5. The van der Waals surface area contributed by atoms with E-state index in [9.17, 15) is 4.79 Å². The first-order chi connectivity index (χ1) is 11.5. The molecule has 4 nitrogen and oxygen atoms in total. The van der Waals surface area contributed by atoms with Gasteiger partial charge in [-0.25, -0.2) is 0 Å². The van der Waals surface area contributed by atoms with Crippen molar-refractivity contribution in [3.05, 3.63) is 58.1 Å². The van der Waals surface area contributed by atoms with Gasteiger partial charge in [0, 0.05) is 0 Å². The smallest absolute Gasteiger partial charge is 0.304 e. The summed E-state index contributed by atoms with van der Waals surface area (Å²) in [6.07, 6.45) is -0.0395. The van der Waals surface area contributed by atoms with Crippen LogP contribution in [0.1, 0.15) is 30.4 Å². The van der Waals surface area contributed by atoms with Crippen LogP contribution in [0.3, 0.4) is 0 Å². The van der Waals surface area contributed by atoms with E-state index in [-0.39, 0.29) is 12.3 Å². The molecule has 0 radical (unpaired) electrons. The number of aliphatic carboxylic acids is 1. The highest BCUT2D eigenvalue weighted by atomic mass is 79.9. The average molecular weight is 384 g/mol. The standard InChI is InChI=1S/C19H14BrNO3/c1-2-3-15(11-19(22)23)14-5-7-16(8-6-14)24-18-9-4-13(12-21)10-17(18)20/h4-10,15H,11H2,1H3,(H,22,23). The number of carboxylic acid groups (broad SMARTS) is 1. The normalized spacial score (nSPS) is 10.9. The van der Waals surface area contributed by atoms with Gasteiger partial charge in [0.15, 0.2) is 0 Å². The second kappa shape index (κ2) is 8.19. The van der Waals surface area contributed by atoms with Crippen molar-refractivity contribution < 1.29 is 14.6 Å². The number of nitriles is 1. The van der Waals surface area contributed by atoms with Gasteiger partial charge in [-0.3, -0.25) is 4.79 Å². The number of halogens is 1. The lowest BCUT2D eigenvalue weighted by atomic mass is 9.96. The molecular formula is C19H14BrNO3. The van der Waals surface area contributed by atoms with Gasteiger partial charge < -0.3 is 9.84 Å². The van der Waals surface area contributed by atoms with Crippen LogP contribution in [-0.4, -0.2) is 11.1 Å². The molecule has 5 heteroatoms. The maximum Gasteiger partial charge on any atom is 0.304 e. The molecule has 2 aromatic rings. The SMILES string of the molecule is CC#CC(CC(=O)O)c1ccc(Oc2ccc(C#N)cc2Br)cc1. The van der Waals surface area contributed by atoms with Gasteiger partial charge in [0.25, 0.3) is 0 Å². The Morgan fingerprint density at radius 3 is 2.54 bits per heavy atom. The molecule has 0 aromatic heterocycles. The largest absolute Gasteiger partial charge is 0.481 e. The summed E-state index contributed by atoms with van der Waals surface area (Å²) in [5, 5.41) is 17.8. The third-order valence-corrected chi connectivity index (χ3v) is 3.89. The van der Waals surface area contributed by atoms with Crippen LogP contribution >= 0.6 is 15.9 Å². The molecule has 1 N–H and O–H groups in total. The zero-order chi connectivity index (χ0) is 17.5. The van der Waals surface area contributed by atoms with Crippen LogP contribution in [0.2, 0.25) is 0 Å². The number of carboxylic acids is 1. The number of ether oxygens (including phenoxy) is 1. The second-order valence-electron chi connectivity index (χ2n) is 4.97. The molecule has 0 aliphatic carbocycles. The minimum atomic E-state index is -0.885. The Kier molecular flexibility index (Phi) is 6.01. The van der Waals surface area contributed by atoms with E-state index in [2.05, 4.69) is 33.8 Å².